The predicted molar refractivity (Wildman–Crippen MR) is 164 cm³/mol. The Balaban J connectivity index is 2.06. The van der Waals surface area contributed by atoms with E-state index in [1.54, 1.807) is 25.7 Å². The first-order valence-electron chi connectivity index (χ1n) is 14.1. The van der Waals surface area contributed by atoms with Crippen LogP contribution in [0.1, 0.15) is 67.1 Å². The van der Waals surface area contributed by atoms with E-state index in [2.05, 4.69) is 10.6 Å². The van der Waals surface area contributed by atoms with E-state index >= 15 is 0 Å². The molecular weight excluding hydrogens is 514 g/mol. The van der Waals surface area contributed by atoms with Crippen LogP contribution in [-0.2, 0) is 20.7 Å². The second-order valence-electron chi connectivity index (χ2n) is 11.5. The van der Waals surface area contributed by atoms with E-state index in [4.69, 9.17) is 4.74 Å². The second kappa shape index (κ2) is 13.5. The zero-order valence-electron chi connectivity index (χ0n) is 25.5. The van der Waals surface area contributed by atoms with Crippen molar-refractivity contribution in [1.82, 2.24) is 10.2 Å². The fourth-order valence-corrected chi connectivity index (χ4v) is 4.95. The molecule has 3 aromatic carbocycles. The zero-order chi connectivity index (χ0) is 30.3. The van der Waals surface area contributed by atoms with Crippen molar-refractivity contribution in [2.75, 3.05) is 11.9 Å². The van der Waals surface area contributed by atoms with Crippen LogP contribution in [0, 0.1) is 27.7 Å². The van der Waals surface area contributed by atoms with Gasteiger partial charge in [0.25, 0.3) is 5.91 Å². The number of benzene rings is 3. The Morgan fingerprint density at radius 1 is 0.854 bits per heavy atom. The number of amides is 3. The lowest BCUT2D eigenvalue weighted by Gasteiger charge is -2.34. The highest BCUT2D eigenvalue weighted by molar-refractivity contribution is 6.00. The van der Waals surface area contributed by atoms with Crippen LogP contribution in [0.3, 0.4) is 0 Å². The van der Waals surface area contributed by atoms with E-state index in [0.717, 1.165) is 39.1 Å². The smallest absolute Gasteiger partial charge is 0.408 e. The van der Waals surface area contributed by atoms with Crippen LogP contribution >= 0.6 is 0 Å². The van der Waals surface area contributed by atoms with Crippen molar-refractivity contribution in [2.45, 2.75) is 79.5 Å². The van der Waals surface area contributed by atoms with Gasteiger partial charge in [0.15, 0.2) is 0 Å². The van der Waals surface area contributed by atoms with Gasteiger partial charge >= 0.3 is 6.09 Å². The molecule has 7 nitrogen and oxygen atoms in total. The third-order valence-corrected chi connectivity index (χ3v) is 6.90. The Morgan fingerprint density at radius 2 is 1.49 bits per heavy atom. The Labute approximate surface area is 244 Å². The van der Waals surface area contributed by atoms with Gasteiger partial charge in [-0.2, -0.15) is 0 Å². The molecule has 2 unspecified atom stereocenters. The Morgan fingerprint density at radius 3 is 2.05 bits per heavy atom. The lowest BCUT2D eigenvalue weighted by atomic mass is 9.95. The maximum absolute atomic E-state index is 14.3. The van der Waals surface area contributed by atoms with Gasteiger partial charge in [-0.05, 0) is 83.2 Å². The molecule has 0 radical (unpaired) electrons. The molecule has 2 N–H and O–H groups in total. The van der Waals surface area contributed by atoms with E-state index < -0.39 is 23.8 Å². The maximum atomic E-state index is 14.3. The molecule has 2 atom stereocenters. The van der Waals surface area contributed by atoms with Gasteiger partial charge in [-0.15, -0.1) is 0 Å². The van der Waals surface area contributed by atoms with Crippen molar-refractivity contribution in [3.63, 3.8) is 0 Å². The molecule has 3 amide bonds. The predicted octanol–water partition coefficient (Wildman–Crippen LogP) is 6.58. The van der Waals surface area contributed by atoms with Crippen molar-refractivity contribution in [3.8, 4) is 0 Å². The third-order valence-electron chi connectivity index (χ3n) is 6.90. The van der Waals surface area contributed by atoms with Gasteiger partial charge in [0.2, 0.25) is 5.91 Å². The topological polar surface area (TPSA) is 87.7 Å². The van der Waals surface area contributed by atoms with Crippen LogP contribution in [0.2, 0.25) is 0 Å². The minimum atomic E-state index is -0.951. The van der Waals surface area contributed by atoms with Crippen LogP contribution in [0.5, 0.6) is 0 Å². The number of para-hydroxylation sites is 1. The van der Waals surface area contributed by atoms with Crippen LogP contribution in [-0.4, -0.2) is 41.0 Å². The lowest BCUT2D eigenvalue weighted by molar-refractivity contribution is -0.140. The molecule has 0 saturated carbocycles. The summed E-state index contributed by atoms with van der Waals surface area (Å²) in [5.41, 5.74) is 5.42. The highest BCUT2D eigenvalue weighted by Crippen LogP contribution is 2.29. The molecule has 7 heteroatoms. The normalized spacial score (nSPS) is 12.7. The van der Waals surface area contributed by atoms with Crippen molar-refractivity contribution in [2.24, 2.45) is 0 Å². The molecular formula is C34H43N3O4. The summed E-state index contributed by atoms with van der Waals surface area (Å²) in [5.74, 6) is -0.691. The summed E-state index contributed by atoms with van der Waals surface area (Å²) in [6, 6.07) is 19.3. The van der Waals surface area contributed by atoms with Crippen molar-refractivity contribution in [1.29, 1.82) is 0 Å². The van der Waals surface area contributed by atoms with Gasteiger partial charge in [0.1, 0.15) is 17.7 Å². The number of ether oxygens (including phenoxy) is 1. The summed E-state index contributed by atoms with van der Waals surface area (Å²) in [7, 11) is 0. The fraction of sp³-hybridized carbons (Fsp3) is 0.382. The number of likely N-dealkylation sites (N-methyl/N-ethyl adjacent to an activating group) is 1. The van der Waals surface area contributed by atoms with Gasteiger partial charge in [0.05, 0.1) is 0 Å². The lowest BCUT2D eigenvalue weighted by Crippen LogP contribution is -2.53. The average Bonchev–Trinajstić information content (AvgIpc) is 2.88. The molecule has 0 heterocycles. The first-order chi connectivity index (χ1) is 19.3. The molecule has 41 heavy (non-hydrogen) atoms. The van der Waals surface area contributed by atoms with Gasteiger partial charge in [-0.1, -0.05) is 72.3 Å². The molecule has 0 saturated heterocycles. The summed E-state index contributed by atoms with van der Waals surface area (Å²) in [6.45, 7) is 15.2. The summed E-state index contributed by atoms with van der Waals surface area (Å²) in [4.78, 5) is 42.9. The van der Waals surface area contributed by atoms with Crippen LogP contribution in [0.15, 0.2) is 66.7 Å². The van der Waals surface area contributed by atoms with Crippen LogP contribution in [0.4, 0.5) is 10.5 Å². The Hall–Kier alpha value is -4.13. The molecule has 0 bridgehead atoms. The number of carbonyl (C=O) groups excluding carboxylic acids is 3. The van der Waals surface area contributed by atoms with Crippen molar-refractivity contribution >= 4 is 23.6 Å². The van der Waals surface area contributed by atoms with Gasteiger partial charge in [-0.25, -0.2) is 4.79 Å². The van der Waals surface area contributed by atoms with Crippen LogP contribution < -0.4 is 10.6 Å². The number of nitrogens with zero attached hydrogens (tertiary/aromatic N) is 1. The number of aryl methyl sites for hydroxylation is 4. The summed E-state index contributed by atoms with van der Waals surface area (Å²) >= 11 is 0. The maximum Gasteiger partial charge on any atom is 0.408 e. The fourth-order valence-electron chi connectivity index (χ4n) is 4.95. The van der Waals surface area contributed by atoms with Gasteiger partial charge in [0, 0.05) is 18.7 Å². The summed E-state index contributed by atoms with van der Waals surface area (Å²) in [5, 5.41) is 5.89. The van der Waals surface area contributed by atoms with Crippen molar-refractivity contribution < 1.29 is 19.1 Å². The minimum Gasteiger partial charge on any atom is -0.444 e. The van der Waals surface area contributed by atoms with E-state index in [1.807, 2.05) is 101 Å². The number of hydrogen-bond acceptors (Lipinski definition) is 4. The summed E-state index contributed by atoms with van der Waals surface area (Å²) < 4.78 is 5.50. The van der Waals surface area contributed by atoms with Gasteiger partial charge < -0.3 is 20.3 Å². The molecule has 3 rings (SSSR count). The zero-order valence-corrected chi connectivity index (χ0v) is 25.5. The van der Waals surface area contributed by atoms with Gasteiger partial charge in [-0.3, -0.25) is 9.59 Å². The van der Waals surface area contributed by atoms with Crippen LogP contribution in [0.25, 0.3) is 0 Å². The molecule has 218 valence electrons. The number of hydrogen-bond donors (Lipinski definition) is 2. The van der Waals surface area contributed by atoms with E-state index in [0.29, 0.717) is 0 Å². The third kappa shape index (κ3) is 8.43. The first kappa shape index (κ1) is 31.4. The molecule has 0 aliphatic rings. The highest BCUT2D eigenvalue weighted by atomic mass is 16.6. The van der Waals surface area contributed by atoms with E-state index in [9.17, 15) is 14.4 Å². The molecule has 0 aromatic heterocycles. The van der Waals surface area contributed by atoms with Crippen molar-refractivity contribution in [3.05, 3.63) is 100 Å². The van der Waals surface area contributed by atoms with E-state index in [1.165, 1.54) is 0 Å². The molecule has 0 aliphatic carbocycles. The first-order valence-corrected chi connectivity index (χ1v) is 14.1. The highest BCUT2D eigenvalue weighted by Gasteiger charge is 2.36. The van der Waals surface area contributed by atoms with E-state index in [-0.39, 0.29) is 24.8 Å². The number of alkyl carbamates (subject to hydrolysis) is 1. The number of anilines is 1. The Kier molecular flexibility index (Phi) is 10.3. The Bertz CT molecular complexity index is 1360. The molecule has 0 aliphatic heterocycles. The minimum absolute atomic E-state index is 0.244. The number of rotatable bonds is 9. The number of nitrogens with one attached hydrogen (secondary N) is 2. The molecule has 3 aromatic rings. The molecule has 0 fully saturated rings. The summed E-state index contributed by atoms with van der Waals surface area (Å²) in [6.07, 6.45) is -0.445. The molecule has 0 spiro atoms. The SMILES string of the molecule is CCN(C(=O)C(Cc1ccccc1)NC(=O)OC(C)(C)C)C(C(=O)Nc1c(C)cccc1C)c1ccc(C)cc1C. The quantitative estimate of drug-likeness (QED) is 0.311. The average molecular weight is 558 g/mol. The second-order valence-corrected chi connectivity index (χ2v) is 11.5. The number of carbonyl (C=O) groups is 3. The standard InChI is InChI=1S/C34H43N3O4/c1-9-37(32(39)28(21-26-16-11-10-12-17-26)35-33(40)41-34(6,7)8)30(27-19-18-22(2)20-25(27)5)31(38)36-29-23(3)14-13-15-24(29)4/h10-20,28,30H,9,21H2,1-8H3,(H,35,40)(H,36,38). The largest absolute Gasteiger partial charge is 0.444 e. The monoisotopic (exact) mass is 557 g/mol.